The fraction of sp³-hybridized carbons (Fsp3) is 0.143. The number of hydrogen-bond acceptors (Lipinski definition) is 4. The van der Waals surface area contributed by atoms with E-state index in [9.17, 15) is 4.79 Å². The summed E-state index contributed by atoms with van der Waals surface area (Å²) in [5, 5.41) is 11.5. The van der Waals surface area contributed by atoms with E-state index in [4.69, 9.17) is 0 Å². The first-order valence-electron chi connectivity index (χ1n) is 6.41. The van der Waals surface area contributed by atoms with Crippen molar-refractivity contribution < 1.29 is 0 Å². The molecule has 21 heavy (non-hydrogen) atoms. The molecule has 0 radical (unpaired) electrons. The lowest BCUT2D eigenvalue weighted by molar-refractivity contribution is 0.630. The molecule has 3 rings (SSSR count). The van der Waals surface area contributed by atoms with Gasteiger partial charge in [-0.3, -0.25) is 9.48 Å². The third kappa shape index (κ3) is 2.29. The van der Waals surface area contributed by atoms with Crippen molar-refractivity contribution in [1.29, 1.82) is 0 Å². The highest BCUT2D eigenvalue weighted by atomic mass is 16.1. The monoisotopic (exact) mass is 282 g/mol. The van der Waals surface area contributed by atoms with E-state index < -0.39 is 0 Å². The highest BCUT2D eigenvalue weighted by molar-refractivity contribution is 5.80. The third-order valence-corrected chi connectivity index (χ3v) is 3.33. The molecule has 0 fully saturated rings. The smallest absolute Gasteiger partial charge is 0.280 e. The van der Waals surface area contributed by atoms with Crippen LogP contribution in [0.5, 0.6) is 0 Å². The topological polar surface area (TPSA) is 70.0 Å². The van der Waals surface area contributed by atoms with Gasteiger partial charge in [-0.15, -0.1) is 10.2 Å². The van der Waals surface area contributed by atoms with Crippen LogP contribution in [0.15, 0.2) is 52.9 Å². The van der Waals surface area contributed by atoms with E-state index in [1.807, 2.05) is 49.0 Å². The van der Waals surface area contributed by atoms with E-state index in [1.165, 1.54) is 23.5 Å². The van der Waals surface area contributed by atoms with Gasteiger partial charge in [-0.05, 0) is 19.1 Å². The summed E-state index contributed by atoms with van der Waals surface area (Å²) in [7, 11) is 1.85. The molecule has 0 saturated heterocycles. The lowest BCUT2D eigenvalue weighted by atomic mass is 10.3. The Bertz CT molecular complexity index is 826. The molecule has 1 aromatic carbocycles. The average molecular weight is 282 g/mol. The molecule has 0 aliphatic carbocycles. The second kappa shape index (κ2) is 5.20. The number of hydrogen-bond donors (Lipinski definition) is 0. The number of rotatable bonds is 3. The molecule has 106 valence electrons. The van der Waals surface area contributed by atoms with E-state index in [0.717, 1.165) is 11.4 Å². The zero-order chi connectivity index (χ0) is 14.8. The Kier molecular flexibility index (Phi) is 3.23. The molecule has 0 amide bonds. The van der Waals surface area contributed by atoms with Crippen molar-refractivity contribution in [3.63, 3.8) is 0 Å². The van der Waals surface area contributed by atoms with Crippen molar-refractivity contribution in [3.05, 3.63) is 64.6 Å². The highest BCUT2D eigenvalue weighted by Gasteiger charge is 2.14. The number of benzene rings is 1. The van der Waals surface area contributed by atoms with Crippen molar-refractivity contribution in [2.24, 2.45) is 12.1 Å². The van der Waals surface area contributed by atoms with Crippen molar-refractivity contribution in [3.8, 4) is 5.69 Å². The van der Waals surface area contributed by atoms with Crippen molar-refractivity contribution in [2.45, 2.75) is 6.92 Å². The Balaban J connectivity index is 2.10. The van der Waals surface area contributed by atoms with Crippen LogP contribution in [0.3, 0.4) is 0 Å². The third-order valence-electron chi connectivity index (χ3n) is 3.33. The number of aromatic nitrogens is 5. The van der Waals surface area contributed by atoms with Gasteiger partial charge in [0, 0.05) is 12.7 Å². The average Bonchev–Trinajstić information content (AvgIpc) is 3.08. The second-order valence-electron chi connectivity index (χ2n) is 4.56. The van der Waals surface area contributed by atoms with Gasteiger partial charge in [0.05, 0.1) is 17.5 Å². The molecule has 0 N–H and O–H groups in total. The quantitative estimate of drug-likeness (QED) is 0.672. The maximum Gasteiger partial charge on any atom is 0.280 e. The SMILES string of the molecule is Cc1c(/C=N/n2cnnc2)c(=O)n(-c2ccccc2)n1C. The van der Waals surface area contributed by atoms with Gasteiger partial charge in [0.2, 0.25) is 0 Å². The normalized spacial score (nSPS) is 11.3. The Hall–Kier alpha value is -2.96. The van der Waals surface area contributed by atoms with E-state index >= 15 is 0 Å². The van der Waals surface area contributed by atoms with Crippen LogP contribution in [0, 0.1) is 6.92 Å². The zero-order valence-electron chi connectivity index (χ0n) is 11.7. The predicted octanol–water partition coefficient (Wildman–Crippen LogP) is 0.958. The summed E-state index contributed by atoms with van der Waals surface area (Å²) in [5.74, 6) is 0. The van der Waals surface area contributed by atoms with Gasteiger partial charge in [-0.2, -0.15) is 5.10 Å². The first-order valence-corrected chi connectivity index (χ1v) is 6.41. The molecule has 7 nitrogen and oxygen atoms in total. The summed E-state index contributed by atoms with van der Waals surface area (Å²) in [6, 6.07) is 9.49. The fourth-order valence-corrected chi connectivity index (χ4v) is 2.12. The van der Waals surface area contributed by atoms with Gasteiger partial charge in [0.15, 0.2) is 0 Å². The lowest BCUT2D eigenvalue weighted by Gasteiger charge is -2.07. The Morgan fingerprint density at radius 2 is 1.81 bits per heavy atom. The van der Waals surface area contributed by atoms with Crippen LogP contribution < -0.4 is 5.56 Å². The molecule has 0 atom stereocenters. The number of nitrogens with zero attached hydrogens (tertiary/aromatic N) is 6. The van der Waals surface area contributed by atoms with Gasteiger partial charge in [0.25, 0.3) is 5.56 Å². The van der Waals surface area contributed by atoms with Crippen LogP contribution in [-0.4, -0.2) is 30.5 Å². The van der Waals surface area contributed by atoms with E-state index in [2.05, 4.69) is 15.3 Å². The molecule has 0 aliphatic heterocycles. The first-order chi connectivity index (χ1) is 10.2. The van der Waals surface area contributed by atoms with Crippen LogP contribution in [-0.2, 0) is 7.05 Å². The van der Waals surface area contributed by atoms with Crippen LogP contribution in [0.2, 0.25) is 0 Å². The summed E-state index contributed by atoms with van der Waals surface area (Å²) >= 11 is 0. The minimum atomic E-state index is -0.113. The first kappa shape index (κ1) is 13.0. The van der Waals surface area contributed by atoms with Gasteiger partial charge in [-0.1, -0.05) is 18.2 Å². The van der Waals surface area contributed by atoms with Crippen LogP contribution in [0.1, 0.15) is 11.3 Å². The number of para-hydroxylation sites is 1. The zero-order valence-corrected chi connectivity index (χ0v) is 11.7. The largest absolute Gasteiger partial charge is 0.285 e. The Morgan fingerprint density at radius 3 is 2.48 bits per heavy atom. The Labute approximate surface area is 120 Å². The molecular formula is C14H14N6O. The summed E-state index contributed by atoms with van der Waals surface area (Å²) in [4.78, 5) is 12.6. The van der Waals surface area contributed by atoms with Crippen LogP contribution in [0.4, 0.5) is 0 Å². The van der Waals surface area contributed by atoms with E-state index in [0.29, 0.717) is 5.56 Å². The van der Waals surface area contributed by atoms with E-state index in [-0.39, 0.29) is 5.56 Å². The van der Waals surface area contributed by atoms with Gasteiger partial charge >= 0.3 is 0 Å². The van der Waals surface area contributed by atoms with Gasteiger partial charge in [-0.25, -0.2) is 9.36 Å². The van der Waals surface area contributed by atoms with Gasteiger partial charge in [0.1, 0.15) is 12.7 Å². The van der Waals surface area contributed by atoms with Crippen molar-refractivity contribution >= 4 is 6.21 Å². The maximum atomic E-state index is 12.6. The molecule has 2 heterocycles. The second-order valence-corrected chi connectivity index (χ2v) is 4.56. The molecule has 3 aromatic rings. The Morgan fingerprint density at radius 1 is 1.14 bits per heavy atom. The van der Waals surface area contributed by atoms with Crippen molar-refractivity contribution in [1.82, 2.24) is 24.2 Å². The molecule has 0 spiro atoms. The molecule has 0 unspecified atom stereocenters. The molecule has 0 aliphatic rings. The molecular weight excluding hydrogens is 268 g/mol. The molecule has 7 heteroatoms. The van der Waals surface area contributed by atoms with E-state index in [1.54, 1.807) is 4.68 Å². The fourth-order valence-electron chi connectivity index (χ4n) is 2.12. The summed E-state index contributed by atoms with van der Waals surface area (Å²) in [5.41, 5.74) is 2.07. The molecule has 0 saturated carbocycles. The van der Waals surface area contributed by atoms with Gasteiger partial charge < -0.3 is 0 Å². The lowest BCUT2D eigenvalue weighted by Crippen LogP contribution is -2.20. The summed E-state index contributed by atoms with van der Waals surface area (Å²) < 4.78 is 4.87. The standard InChI is InChI=1S/C14H14N6O/c1-11-13(8-17-19-9-15-16-10-19)14(21)20(18(11)2)12-6-4-3-5-7-12/h3-10H,1-2H3/b17-8+. The molecule has 2 aromatic heterocycles. The minimum absolute atomic E-state index is 0.113. The maximum absolute atomic E-state index is 12.6. The van der Waals surface area contributed by atoms with Crippen molar-refractivity contribution in [2.75, 3.05) is 0 Å². The van der Waals surface area contributed by atoms with Crippen LogP contribution in [0.25, 0.3) is 5.69 Å². The molecule has 0 bridgehead atoms. The summed E-state index contributed by atoms with van der Waals surface area (Å²) in [6.45, 7) is 1.88. The predicted molar refractivity (Wildman–Crippen MR) is 78.8 cm³/mol. The van der Waals surface area contributed by atoms with Crippen LogP contribution >= 0.6 is 0 Å². The minimum Gasteiger partial charge on any atom is -0.285 e. The highest BCUT2D eigenvalue weighted by Crippen LogP contribution is 2.08. The summed E-state index contributed by atoms with van der Waals surface area (Å²) in [6.07, 6.45) is 4.45.